The van der Waals surface area contributed by atoms with E-state index in [4.69, 9.17) is 4.74 Å². The summed E-state index contributed by atoms with van der Waals surface area (Å²) < 4.78 is 32.4. The third-order valence-electron chi connectivity index (χ3n) is 4.38. The van der Waals surface area contributed by atoms with Gasteiger partial charge in [-0.15, -0.1) is 0 Å². The molecule has 0 unspecified atom stereocenters. The van der Waals surface area contributed by atoms with Gasteiger partial charge >= 0.3 is 0 Å². The molecule has 0 atom stereocenters. The van der Waals surface area contributed by atoms with E-state index >= 15 is 0 Å². The molecule has 0 aliphatic rings. The molecule has 0 aliphatic carbocycles. The van der Waals surface area contributed by atoms with Gasteiger partial charge in [0.15, 0.2) is 0 Å². The molecule has 0 aromatic heterocycles. The maximum Gasteiger partial charge on any atom is 0.260 e. The van der Waals surface area contributed by atoms with Gasteiger partial charge in [-0.3, -0.25) is 9.10 Å². The largest absolute Gasteiger partial charge is 0.457 e. The number of ether oxygens (including phenoxy) is 1. The van der Waals surface area contributed by atoms with Gasteiger partial charge in [0.1, 0.15) is 18.0 Å². The van der Waals surface area contributed by atoms with Gasteiger partial charge in [0.25, 0.3) is 5.91 Å². The van der Waals surface area contributed by atoms with E-state index < -0.39 is 22.5 Å². The van der Waals surface area contributed by atoms with Gasteiger partial charge in [-0.25, -0.2) is 13.8 Å². The number of para-hydroxylation sites is 1. The van der Waals surface area contributed by atoms with E-state index in [1.807, 2.05) is 54.6 Å². The summed E-state index contributed by atoms with van der Waals surface area (Å²) in [6, 6.07) is 23.4. The molecule has 9 heteroatoms. The van der Waals surface area contributed by atoms with E-state index in [1.165, 1.54) is 0 Å². The molecule has 1 amide bonds. The van der Waals surface area contributed by atoms with E-state index in [-0.39, 0.29) is 0 Å². The summed E-state index contributed by atoms with van der Waals surface area (Å²) in [4.78, 5) is 12.4. The molecular formula is C23H22IN3O4S. The van der Waals surface area contributed by atoms with Crippen molar-refractivity contribution in [2.24, 2.45) is 5.10 Å². The molecule has 0 fully saturated rings. The Labute approximate surface area is 201 Å². The number of nitrogens with zero attached hydrogens (tertiary/aromatic N) is 2. The fourth-order valence-corrected chi connectivity index (χ4v) is 4.19. The second-order valence-corrected chi connectivity index (χ2v) is 10.1. The van der Waals surface area contributed by atoms with Crippen LogP contribution in [0.1, 0.15) is 12.5 Å². The number of halogens is 1. The quantitative estimate of drug-likeness (QED) is 0.250. The van der Waals surface area contributed by atoms with Crippen LogP contribution in [0.25, 0.3) is 0 Å². The summed E-state index contributed by atoms with van der Waals surface area (Å²) in [6.45, 7) is 1.37. The van der Waals surface area contributed by atoms with Crippen LogP contribution < -0.4 is 14.5 Å². The Hall–Kier alpha value is -2.92. The molecule has 1 N–H and O–H groups in total. The summed E-state index contributed by atoms with van der Waals surface area (Å²) >= 11 is 2.20. The Morgan fingerprint density at radius 3 is 2.28 bits per heavy atom. The normalized spacial score (nSPS) is 11.7. The Balaban J connectivity index is 1.70. The highest BCUT2D eigenvalue weighted by Crippen LogP contribution is 2.25. The minimum atomic E-state index is -3.70. The summed E-state index contributed by atoms with van der Waals surface area (Å²) in [5.41, 5.74) is 4.26. The van der Waals surface area contributed by atoms with E-state index in [1.54, 1.807) is 31.2 Å². The molecule has 7 nitrogen and oxygen atoms in total. The van der Waals surface area contributed by atoms with Crippen LogP contribution in [0.15, 0.2) is 84.0 Å². The third kappa shape index (κ3) is 6.79. The summed E-state index contributed by atoms with van der Waals surface area (Å²) in [5.74, 6) is 0.668. The molecule has 3 aromatic rings. The summed E-state index contributed by atoms with van der Waals surface area (Å²) in [5, 5.41) is 4.10. The van der Waals surface area contributed by atoms with Crippen molar-refractivity contribution in [2.75, 3.05) is 17.1 Å². The van der Waals surface area contributed by atoms with E-state index in [9.17, 15) is 13.2 Å². The predicted octanol–water partition coefficient (Wildman–Crippen LogP) is 4.39. The molecule has 0 heterocycles. The van der Waals surface area contributed by atoms with Crippen LogP contribution in [0.2, 0.25) is 0 Å². The van der Waals surface area contributed by atoms with Gasteiger partial charge < -0.3 is 4.74 Å². The van der Waals surface area contributed by atoms with Gasteiger partial charge in [-0.05, 0) is 83.6 Å². The fraction of sp³-hybridized carbons (Fsp3) is 0.130. The van der Waals surface area contributed by atoms with E-state index in [0.717, 1.165) is 19.7 Å². The predicted molar refractivity (Wildman–Crippen MR) is 135 cm³/mol. The number of rotatable bonds is 8. The minimum Gasteiger partial charge on any atom is -0.457 e. The molecule has 3 rings (SSSR count). The first-order valence-corrected chi connectivity index (χ1v) is 12.5. The van der Waals surface area contributed by atoms with Crippen molar-refractivity contribution < 1.29 is 17.9 Å². The van der Waals surface area contributed by atoms with Crippen LogP contribution in [0.5, 0.6) is 11.5 Å². The number of carbonyl (C=O) groups is 1. The lowest BCUT2D eigenvalue weighted by Gasteiger charge is -2.21. The summed E-state index contributed by atoms with van der Waals surface area (Å²) in [6.07, 6.45) is 1.05. The smallest absolute Gasteiger partial charge is 0.260 e. The topological polar surface area (TPSA) is 88.1 Å². The molecule has 0 spiro atoms. The fourth-order valence-electron chi connectivity index (χ4n) is 2.80. The van der Waals surface area contributed by atoms with Crippen molar-refractivity contribution in [1.82, 2.24) is 5.43 Å². The maximum absolute atomic E-state index is 12.4. The van der Waals surface area contributed by atoms with Crippen LogP contribution in [0, 0.1) is 3.57 Å². The Bertz CT molecular complexity index is 1210. The van der Waals surface area contributed by atoms with Gasteiger partial charge in [-0.1, -0.05) is 30.3 Å². The van der Waals surface area contributed by atoms with Gasteiger partial charge in [0.2, 0.25) is 10.0 Å². The molecule has 0 saturated heterocycles. The zero-order valence-corrected chi connectivity index (χ0v) is 20.5. The zero-order chi connectivity index (χ0) is 23.1. The molecular weight excluding hydrogens is 541 g/mol. The Morgan fingerprint density at radius 2 is 1.66 bits per heavy atom. The van der Waals surface area contributed by atoms with E-state index in [0.29, 0.717) is 22.9 Å². The van der Waals surface area contributed by atoms with Crippen LogP contribution >= 0.6 is 22.6 Å². The second-order valence-electron chi connectivity index (χ2n) is 6.92. The number of hydrogen-bond donors (Lipinski definition) is 1. The second kappa shape index (κ2) is 10.6. The van der Waals surface area contributed by atoms with Gasteiger partial charge in [0.05, 0.1) is 17.7 Å². The van der Waals surface area contributed by atoms with Crippen LogP contribution in [0.3, 0.4) is 0 Å². The number of anilines is 1. The van der Waals surface area contributed by atoms with Crippen LogP contribution in [-0.4, -0.2) is 32.8 Å². The first-order chi connectivity index (χ1) is 15.2. The molecule has 166 valence electrons. The minimum absolute atomic E-state index is 0.348. The average Bonchev–Trinajstić information content (AvgIpc) is 2.76. The first kappa shape index (κ1) is 23.7. The zero-order valence-electron chi connectivity index (χ0n) is 17.5. The van der Waals surface area contributed by atoms with E-state index in [2.05, 4.69) is 33.1 Å². The highest BCUT2D eigenvalue weighted by molar-refractivity contribution is 14.1. The SMILES string of the molecule is C/C(=N/NC(=O)CN(c1ccc(Oc2ccccc2)cc1)S(C)(=O)=O)c1cccc(I)c1. The molecule has 32 heavy (non-hydrogen) atoms. The van der Waals surface area contributed by atoms with Crippen LogP contribution in [0.4, 0.5) is 5.69 Å². The van der Waals surface area contributed by atoms with Crippen molar-refractivity contribution in [3.8, 4) is 11.5 Å². The number of amides is 1. The molecule has 0 saturated carbocycles. The lowest BCUT2D eigenvalue weighted by atomic mass is 10.1. The standard InChI is InChI=1S/C23H22IN3O4S/c1-17(18-7-6-8-19(24)15-18)25-26-23(28)16-27(32(2,29)30)20-11-13-22(14-12-20)31-21-9-4-3-5-10-21/h3-15H,16H2,1-2H3,(H,26,28)/b25-17-. The maximum atomic E-state index is 12.4. The number of hydrogen-bond acceptors (Lipinski definition) is 5. The molecule has 3 aromatic carbocycles. The van der Waals surface area contributed by atoms with Gasteiger partial charge in [-0.2, -0.15) is 5.10 Å². The number of nitrogens with one attached hydrogen (secondary N) is 1. The lowest BCUT2D eigenvalue weighted by molar-refractivity contribution is -0.119. The highest BCUT2D eigenvalue weighted by atomic mass is 127. The van der Waals surface area contributed by atoms with Crippen molar-refractivity contribution in [1.29, 1.82) is 0 Å². The van der Waals surface area contributed by atoms with Crippen molar-refractivity contribution >= 4 is 49.9 Å². The number of hydrazone groups is 1. The summed E-state index contributed by atoms with van der Waals surface area (Å²) in [7, 11) is -3.70. The molecule has 0 radical (unpaired) electrons. The first-order valence-electron chi connectivity index (χ1n) is 9.62. The number of sulfonamides is 1. The monoisotopic (exact) mass is 563 g/mol. The van der Waals surface area contributed by atoms with Gasteiger partial charge in [0, 0.05) is 3.57 Å². The van der Waals surface area contributed by atoms with Crippen molar-refractivity contribution in [3.63, 3.8) is 0 Å². The molecule has 0 bridgehead atoms. The van der Waals surface area contributed by atoms with Crippen LogP contribution in [-0.2, 0) is 14.8 Å². The average molecular weight is 563 g/mol. The molecule has 0 aliphatic heterocycles. The van der Waals surface area contributed by atoms with Crippen molar-refractivity contribution in [3.05, 3.63) is 88.0 Å². The number of carbonyl (C=O) groups excluding carboxylic acids is 1. The number of benzene rings is 3. The highest BCUT2D eigenvalue weighted by Gasteiger charge is 2.21. The Kier molecular flexibility index (Phi) is 7.86. The third-order valence-corrected chi connectivity index (χ3v) is 6.19. The Morgan fingerprint density at radius 1 is 1.00 bits per heavy atom. The lowest BCUT2D eigenvalue weighted by Crippen LogP contribution is -2.39. The van der Waals surface area contributed by atoms with Crippen molar-refractivity contribution in [2.45, 2.75) is 6.92 Å².